The largest absolute Gasteiger partial charge is 0.366 e. The minimum absolute atomic E-state index is 0.267. The van der Waals surface area contributed by atoms with Crippen molar-refractivity contribution < 1.29 is 14.8 Å². The Hall–Kier alpha value is -3.25. The van der Waals surface area contributed by atoms with Gasteiger partial charge in [0.1, 0.15) is 0 Å². The zero-order valence-corrected chi connectivity index (χ0v) is 12.0. The van der Waals surface area contributed by atoms with Crippen LogP contribution in [0.1, 0.15) is 20.7 Å². The average molecular weight is 307 g/mol. The molecular formula is C17H13N3O3. The zero-order valence-electron chi connectivity index (χ0n) is 12.0. The number of amides is 2. The van der Waals surface area contributed by atoms with Gasteiger partial charge in [0, 0.05) is 17.3 Å². The van der Waals surface area contributed by atoms with Crippen molar-refractivity contribution in [2.45, 2.75) is 0 Å². The second-order valence-corrected chi connectivity index (χ2v) is 4.97. The number of hydrogen-bond donors (Lipinski definition) is 2. The Morgan fingerprint density at radius 2 is 1.70 bits per heavy atom. The fraction of sp³-hybridized carbons (Fsp3) is 0. The standard InChI is InChI=1S/C17H13N3O3/c18-16(21)12-5-3-11-4-6-13(9-14(11)8-12)17(22)20(23)15-2-1-7-19-10-15/h1-10,23H,(H2,18,21). The first kappa shape index (κ1) is 14.7. The number of rotatable bonds is 3. The summed E-state index contributed by atoms with van der Waals surface area (Å²) in [5.74, 6) is -1.13. The summed E-state index contributed by atoms with van der Waals surface area (Å²) in [5.41, 5.74) is 6.17. The third kappa shape index (κ3) is 2.88. The van der Waals surface area contributed by atoms with Crippen LogP contribution in [-0.2, 0) is 0 Å². The van der Waals surface area contributed by atoms with Crippen LogP contribution in [0, 0.1) is 0 Å². The van der Waals surface area contributed by atoms with Gasteiger partial charge in [0.05, 0.1) is 11.9 Å². The SMILES string of the molecule is NC(=O)c1ccc2ccc(C(=O)N(O)c3cccnc3)cc2c1. The van der Waals surface area contributed by atoms with Gasteiger partial charge in [-0.1, -0.05) is 12.1 Å². The van der Waals surface area contributed by atoms with Crippen LogP contribution >= 0.6 is 0 Å². The number of hydrogen-bond acceptors (Lipinski definition) is 4. The van der Waals surface area contributed by atoms with Gasteiger partial charge in [0.15, 0.2) is 0 Å². The second-order valence-electron chi connectivity index (χ2n) is 4.97. The summed E-state index contributed by atoms with van der Waals surface area (Å²) in [6.07, 6.45) is 2.92. The molecular weight excluding hydrogens is 294 g/mol. The molecule has 1 aromatic heterocycles. The molecule has 6 nitrogen and oxygen atoms in total. The fourth-order valence-electron chi connectivity index (χ4n) is 2.25. The van der Waals surface area contributed by atoms with Gasteiger partial charge in [0.2, 0.25) is 5.91 Å². The van der Waals surface area contributed by atoms with E-state index in [4.69, 9.17) is 5.73 Å². The van der Waals surface area contributed by atoms with E-state index in [1.807, 2.05) is 0 Å². The van der Waals surface area contributed by atoms with E-state index in [2.05, 4.69) is 4.98 Å². The first-order valence-corrected chi connectivity index (χ1v) is 6.83. The van der Waals surface area contributed by atoms with Crippen molar-refractivity contribution in [3.8, 4) is 0 Å². The molecule has 2 aromatic carbocycles. The molecule has 0 bridgehead atoms. The third-order valence-corrected chi connectivity index (χ3v) is 3.45. The molecule has 0 unspecified atom stereocenters. The van der Waals surface area contributed by atoms with Crippen molar-refractivity contribution in [2.24, 2.45) is 5.73 Å². The van der Waals surface area contributed by atoms with Crippen LogP contribution in [-0.4, -0.2) is 22.0 Å². The first-order valence-electron chi connectivity index (χ1n) is 6.83. The summed E-state index contributed by atoms with van der Waals surface area (Å²) in [7, 11) is 0. The van der Waals surface area contributed by atoms with Gasteiger partial charge in [-0.05, 0) is 47.2 Å². The molecule has 23 heavy (non-hydrogen) atoms. The van der Waals surface area contributed by atoms with Gasteiger partial charge in [-0.25, -0.2) is 0 Å². The highest BCUT2D eigenvalue weighted by atomic mass is 16.5. The van der Waals surface area contributed by atoms with Crippen LogP contribution in [0.2, 0.25) is 0 Å². The van der Waals surface area contributed by atoms with E-state index in [-0.39, 0.29) is 11.3 Å². The summed E-state index contributed by atoms with van der Waals surface area (Å²) in [5, 5.41) is 12.1. The van der Waals surface area contributed by atoms with Gasteiger partial charge in [-0.3, -0.25) is 19.8 Å². The number of aromatic nitrogens is 1. The summed E-state index contributed by atoms with van der Waals surface area (Å²) in [6.45, 7) is 0. The van der Waals surface area contributed by atoms with E-state index >= 15 is 0 Å². The molecule has 0 aliphatic carbocycles. The van der Waals surface area contributed by atoms with Gasteiger partial charge in [0.25, 0.3) is 5.91 Å². The first-order chi connectivity index (χ1) is 11.1. The maximum absolute atomic E-state index is 12.4. The predicted molar refractivity (Wildman–Crippen MR) is 85.3 cm³/mol. The van der Waals surface area contributed by atoms with Crippen LogP contribution in [0.3, 0.4) is 0 Å². The van der Waals surface area contributed by atoms with E-state index in [1.165, 1.54) is 6.20 Å². The number of carbonyl (C=O) groups is 2. The molecule has 0 atom stereocenters. The Morgan fingerprint density at radius 1 is 1.00 bits per heavy atom. The number of hydroxylamine groups is 1. The molecule has 0 spiro atoms. The maximum atomic E-state index is 12.4. The second kappa shape index (κ2) is 5.86. The quantitative estimate of drug-likeness (QED) is 0.573. The third-order valence-electron chi connectivity index (χ3n) is 3.45. The van der Waals surface area contributed by atoms with E-state index in [0.717, 1.165) is 5.39 Å². The number of carbonyl (C=O) groups excluding carboxylic acids is 2. The van der Waals surface area contributed by atoms with Gasteiger partial charge in [-0.2, -0.15) is 5.06 Å². The van der Waals surface area contributed by atoms with E-state index in [0.29, 0.717) is 16.0 Å². The topological polar surface area (TPSA) is 96.5 Å². The normalized spacial score (nSPS) is 10.5. The highest BCUT2D eigenvalue weighted by Gasteiger charge is 2.16. The van der Waals surface area contributed by atoms with Crippen LogP contribution in [0.25, 0.3) is 10.8 Å². The minimum Gasteiger partial charge on any atom is -0.366 e. The molecule has 0 saturated heterocycles. The highest BCUT2D eigenvalue weighted by Crippen LogP contribution is 2.20. The van der Waals surface area contributed by atoms with Crippen molar-refractivity contribution in [1.82, 2.24) is 4.98 Å². The lowest BCUT2D eigenvalue weighted by atomic mass is 10.0. The van der Waals surface area contributed by atoms with Gasteiger partial charge >= 0.3 is 0 Å². The number of fused-ring (bicyclic) bond motifs is 1. The Kier molecular flexibility index (Phi) is 3.74. The number of nitrogens with two attached hydrogens (primary N) is 1. The van der Waals surface area contributed by atoms with E-state index < -0.39 is 11.8 Å². The minimum atomic E-state index is -0.593. The lowest BCUT2D eigenvalue weighted by Crippen LogP contribution is -2.27. The molecule has 3 N–H and O–H groups in total. The molecule has 0 fully saturated rings. The van der Waals surface area contributed by atoms with Crippen molar-refractivity contribution in [3.63, 3.8) is 0 Å². The lowest BCUT2D eigenvalue weighted by Gasteiger charge is -2.14. The van der Waals surface area contributed by atoms with Crippen molar-refractivity contribution >= 4 is 28.3 Å². The zero-order chi connectivity index (χ0) is 16.4. The maximum Gasteiger partial charge on any atom is 0.282 e. The molecule has 2 amide bonds. The van der Waals surface area contributed by atoms with Gasteiger partial charge < -0.3 is 5.73 Å². The molecule has 0 aliphatic heterocycles. The van der Waals surface area contributed by atoms with Crippen LogP contribution in [0.15, 0.2) is 60.9 Å². The number of nitrogens with zero attached hydrogens (tertiary/aromatic N) is 2. The molecule has 0 saturated carbocycles. The summed E-state index contributed by atoms with van der Waals surface area (Å²) in [6, 6.07) is 13.1. The number of benzene rings is 2. The van der Waals surface area contributed by atoms with Crippen LogP contribution in [0.5, 0.6) is 0 Å². The van der Waals surface area contributed by atoms with Crippen LogP contribution < -0.4 is 10.8 Å². The Bertz CT molecular complexity index is 894. The molecule has 3 aromatic rings. The summed E-state index contributed by atoms with van der Waals surface area (Å²) >= 11 is 0. The average Bonchev–Trinajstić information content (AvgIpc) is 2.60. The number of primary amides is 1. The van der Waals surface area contributed by atoms with Crippen molar-refractivity contribution in [2.75, 3.05) is 5.06 Å². The molecule has 3 rings (SSSR count). The lowest BCUT2D eigenvalue weighted by molar-refractivity contribution is 0.0854. The molecule has 6 heteroatoms. The molecule has 114 valence electrons. The van der Waals surface area contributed by atoms with Gasteiger partial charge in [-0.15, -0.1) is 0 Å². The monoisotopic (exact) mass is 307 g/mol. The highest BCUT2D eigenvalue weighted by molar-refractivity contribution is 6.07. The Morgan fingerprint density at radius 3 is 2.35 bits per heavy atom. The Labute approximate surface area is 131 Å². The number of pyridine rings is 1. The van der Waals surface area contributed by atoms with Crippen LogP contribution in [0.4, 0.5) is 5.69 Å². The predicted octanol–water partition coefficient (Wildman–Crippen LogP) is 2.37. The van der Waals surface area contributed by atoms with E-state index in [1.54, 1.807) is 54.7 Å². The van der Waals surface area contributed by atoms with Crippen molar-refractivity contribution in [3.05, 3.63) is 72.1 Å². The molecule has 0 aliphatic rings. The van der Waals surface area contributed by atoms with E-state index in [9.17, 15) is 14.8 Å². The molecule has 0 radical (unpaired) electrons. The summed E-state index contributed by atoms with van der Waals surface area (Å²) < 4.78 is 0. The Balaban J connectivity index is 1.99. The van der Waals surface area contributed by atoms with Crippen molar-refractivity contribution in [1.29, 1.82) is 0 Å². The summed E-state index contributed by atoms with van der Waals surface area (Å²) in [4.78, 5) is 27.5. The number of anilines is 1. The fourth-order valence-corrected chi connectivity index (χ4v) is 2.25. The smallest absolute Gasteiger partial charge is 0.282 e. The molecule has 1 heterocycles.